The van der Waals surface area contributed by atoms with Gasteiger partial charge in [0.1, 0.15) is 5.75 Å². The molecule has 2 rings (SSSR count). The number of hydrogen-bond acceptors (Lipinski definition) is 6. The molecule has 1 fully saturated rings. The average Bonchev–Trinajstić information content (AvgIpc) is 2.66. The molecule has 0 spiro atoms. The van der Waals surface area contributed by atoms with Crippen molar-refractivity contribution in [3.8, 4) is 5.75 Å². The number of aliphatic hydroxyl groups is 1. The van der Waals surface area contributed by atoms with Crippen LogP contribution in [-0.4, -0.2) is 81.4 Å². The minimum absolute atomic E-state index is 0.0709. The lowest BCUT2D eigenvalue weighted by molar-refractivity contribution is 0.0352. The van der Waals surface area contributed by atoms with Crippen molar-refractivity contribution < 1.29 is 23.0 Å². The van der Waals surface area contributed by atoms with Crippen molar-refractivity contribution >= 4 is 10.0 Å². The van der Waals surface area contributed by atoms with Crippen molar-refractivity contribution in [3.63, 3.8) is 0 Å². The summed E-state index contributed by atoms with van der Waals surface area (Å²) >= 11 is 0. The summed E-state index contributed by atoms with van der Waals surface area (Å²) in [6.07, 6.45) is 1.27. The topological polar surface area (TPSA) is 79.3 Å². The zero-order chi connectivity index (χ0) is 19.7. The molecular formula is C19H32N2O5S. The first-order valence-electron chi connectivity index (χ1n) is 9.64. The van der Waals surface area contributed by atoms with Crippen LogP contribution in [0.4, 0.5) is 0 Å². The van der Waals surface area contributed by atoms with Gasteiger partial charge in [0.15, 0.2) is 0 Å². The lowest BCUT2D eigenvalue weighted by atomic mass is 10.3. The highest BCUT2D eigenvalue weighted by Crippen LogP contribution is 2.20. The molecule has 8 heteroatoms. The molecule has 1 atom stereocenters. The Balaban J connectivity index is 2.05. The monoisotopic (exact) mass is 400 g/mol. The average molecular weight is 401 g/mol. The first kappa shape index (κ1) is 22.1. The molecule has 1 aliphatic heterocycles. The fourth-order valence-electron chi connectivity index (χ4n) is 2.87. The number of morpholine rings is 1. The van der Waals surface area contributed by atoms with Gasteiger partial charge in [-0.2, -0.15) is 4.31 Å². The summed E-state index contributed by atoms with van der Waals surface area (Å²) < 4.78 is 38.4. The number of unbranched alkanes of at least 4 members (excludes halogenated alkanes) is 1. The number of nitrogens with zero attached hydrogens (tertiary/aromatic N) is 2. The highest BCUT2D eigenvalue weighted by molar-refractivity contribution is 7.89. The van der Waals surface area contributed by atoms with Gasteiger partial charge < -0.3 is 14.6 Å². The van der Waals surface area contributed by atoms with Gasteiger partial charge in [-0.3, -0.25) is 4.90 Å². The Labute approximate surface area is 162 Å². The van der Waals surface area contributed by atoms with Crippen LogP contribution >= 0.6 is 0 Å². The van der Waals surface area contributed by atoms with Crippen LogP contribution in [-0.2, 0) is 14.8 Å². The number of benzene rings is 1. The number of hydrogen-bond donors (Lipinski definition) is 1. The van der Waals surface area contributed by atoms with Gasteiger partial charge in [0.2, 0.25) is 10.0 Å². The molecule has 0 aliphatic carbocycles. The maximum atomic E-state index is 13.0. The number of ether oxygens (including phenoxy) is 2. The molecule has 1 aromatic carbocycles. The van der Waals surface area contributed by atoms with E-state index < -0.39 is 16.1 Å². The van der Waals surface area contributed by atoms with Gasteiger partial charge in [0, 0.05) is 32.7 Å². The van der Waals surface area contributed by atoms with Crippen LogP contribution in [0.25, 0.3) is 0 Å². The second-order valence-corrected chi connectivity index (χ2v) is 8.78. The Morgan fingerprint density at radius 1 is 1.26 bits per heavy atom. The third kappa shape index (κ3) is 7.04. The third-order valence-corrected chi connectivity index (χ3v) is 6.34. The van der Waals surface area contributed by atoms with Crippen LogP contribution in [0.5, 0.6) is 5.75 Å². The van der Waals surface area contributed by atoms with Gasteiger partial charge in [-0.25, -0.2) is 8.42 Å². The standard InChI is InChI=1S/C19H32N2O5S/c1-3-4-13-26-18-5-7-19(8-6-18)27(23,24)21(16-17(2)22)10-9-20-11-14-25-15-12-20/h5-8,17,22H,3-4,9-16H2,1-2H3. The summed E-state index contributed by atoms with van der Waals surface area (Å²) in [4.78, 5) is 2.40. The van der Waals surface area contributed by atoms with E-state index in [0.717, 1.165) is 25.9 Å². The van der Waals surface area contributed by atoms with E-state index in [1.165, 1.54) is 4.31 Å². The number of rotatable bonds is 11. The first-order valence-corrected chi connectivity index (χ1v) is 11.1. The van der Waals surface area contributed by atoms with E-state index in [-0.39, 0.29) is 11.4 Å². The minimum Gasteiger partial charge on any atom is -0.494 e. The van der Waals surface area contributed by atoms with Crippen LogP contribution in [0.1, 0.15) is 26.7 Å². The van der Waals surface area contributed by atoms with E-state index in [0.29, 0.717) is 38.7 Å². The largest absolute Gasteiger partial charge is 0.494 e. The molecule has 0 aromatic heterocycles. The molecule has 1 aliphatic rings. The SMILES string of the molecule is CCCCOc1ccc(S(=O)(=O)N(CCN2CCOCC2)CC(C)O)cc1. The molecule has 1 N–H and O–H groups in total. The van der Waals surface area contributed by atoms with Gasteiger partial charge in [-0.1, -0.05) is 13.3 Å². The molecule has 0 amide bonds. The lowest BCUT2D eigenvalue weighted by Gasteiger charge is -2.30. The summed E-state index contributed by atoms with van der Waals surface area (Å²) in [5.74, 6) is 0.665. The second kappa shape index (κ2) is 11.0. The van der Waals surface area contributed by atoms with Gasteiger partial charge >= 0.3 is 0 Å². The van der Waals surface area contributed by atoms with Crippen molar-refractivity contribution in [2.45, 2.75) is 37.7 Å². The fourth-order valence-corrected chi connectivity index (χ4v) is 4.39. The second-order valence-electron chi connectivity index (χ2n) is 6.84. The van der Waals surface area contributed by atoms with Gasteiger partial charge in [0.05, 0.1) is 30.8 Å². The Morgan fingerprint density at radius 2 is 1.93 bits per heavy atom. The molecule has 1 aromatic rings. The van der Waals surface area contributed by atoms with Gasteiger partial charge in [-0.15, -0.1) is 0 Å². The van der Waals surface area contributed by atoms with Crippen LogP contribution in [0.3, 0.4) is 0 Å². The lowest BCUT2D eigenvalue weighted by Crippen LogP contribution is -2.44. The molecule has 27 heavy (non-hydrogen) atoms. The molecule has 0 radical (unpaired) electrons. The van der Waals surface area contributed by atoms with Crippen molar-refractivity contribution in [3.05, 3.63) is 24.3 Å². The Hall–Kier alpha value is -1.19. The summed E-state index contributed by atoms with van der Waals surface area (Å²) in [7, 11) is -3.68. The molecule has 7 nitrogen and oxygen atoms in total. The summed E-state index contributed by atoms with van der Waals surface area (Å²) in [5.41, 5.74) is 0. The Bertz CT molecular complexity index is 643. The third-order valence-electron chi connectivity index (χ3n) is 4.47. The first-order chi connectivity index (χ1) is 12.9. The van der Waals surface area contributed by atoms with Crippen LogP contribution < -0.4 is 4.74 Å². The Morgan fingerprint density at radius 3 is 2.52 bits per heavy atom. The van der Waals surface area contributed by atoms with Crippen LogP contribution in [0.15, 0.2) is 29.2 Å². The zero-order valence-electron chi connectivity index (χ0n) is 16.3. The molecule has 1 unspecified atom stereocenters. The predicted molar refractivity (Wildman–Crippen MR) is 105 cm³/mol. The van der Waals surface area contributed by atoms with E-state index in [2.05, 4.69) is 11.8 Å². The van der Waals surface area contributed by atoms with Crippen molar-refractivity contribution in [1.29, 1.82) is 0 Å². The van der Waals surface area contributed by atoms with E-state index in [9.17, 15) is 13.5 Å². The number of aliphatic hydroxyl groups excluding tert-OH is 1. The van der Waals surface area contributed by atoms with E-state index in [1.807, 2.05) is 0 Å². The molecule has 1 saturated heterocycles. The van der Waals surface area contributed by atoms with Crippen LogP contribution in [0.2, 0.25) is 0 Å². The molecule has 154 valence electrons. The summed E-state index contributed by atoms with van der Waals surface area (Å²) in [6.45, 7) is 8.27. The van der Waals surface area contributed by atoms with E-state index in [4.69, 9.17) is 9.47 Å². The van der Waals surface area contributed by atoms with E-state index >= 15 is 0 Å². The molecule has 1 heterocycles. The molecule has 0 bridgehead atoms. The van der Waals surface area contributed by atoms with Crippen molar-refractivity contribution in [2.24, 2.45) is 0 Å². The normalized spacial score (nSPS) is 17.2. The smallest absolute Gasteiger partial charge is 0.243 e. The van der Waals surface area contributed by atoms with Crippen LogP contribution in [0, 0.1) is 0 Å². The van der Waals surface area contributed by atoms with Crippen molar-refractivity contribution in [1.82, 2.24) is 9.21 Å². The maximum Gasteiger partial charge on any atom is 0.243 e. The van der Waals surface area contributed by atoms with Gasteiger partial charge in [-0.05, 0) is 37.6 Å². The maximum absolute atomic E-state index is 13.0. The quantitative estimate of drug-likeness (QED) is 0.568. The fraction of sp³-hybridized carbons (Fsp3) is 0.684. The highest BCUT2D eigenvalue weighted by atomic mass is 32.2. The van der Waals surface area contributed by atoms with E-state index in [1.54, 1.807) is 31.2 Å². The summed E-state index contributed by atoms with van der Waals surface area (Å²) in [6, 6.07) is 6.51. The number of sulfonamides is 1. The zero-order valence-corrected chi connectivity index (χ0v) is 17.2. The predicted octanol–water partition coefficient (Wildman–Crippen LogP) is 1.57. The van der Waals surface area contributed by atoms with Gasteiger partial charge in [0.25, 0.3) is 0 Å². The summed E-state index contributed by atoms with van der Waals surface area (Å²) in [5, 5.41) is 9.77. The Kier molecular flexibility index (Phi) is 8.98. The van der Waals surface area contributed by atoms with Crippen molar-refractivity contribution in [2.75, 3.05) is 52.5 Å². The molecule has 0 saturated carbocycles. The highest BCUT2D eigenvalue weighted by Gasteiger charge is 2.26. The minimum atomic E-state index is -3.68. The molecular weight excluding hydrogens is 368 g/mol.